The quantitative estimate of drug-likeness (QED) is 0.725. The molecular formula is C18H18FNO6. The maximum Gasteiger partial charge on any atom is 0.344 e. The van der Waals surface area contributed by atoms with Crippen molar-refractivity contribution in [3.63, 3.8) is 0 Å². The number of methoxy groups -OCH3 is 2. The zero-order valence-corrected chi connectivity index (χ0v) is 14.3. The normalized spacial score (nSPS) is 9.96. The number of hydrogen-bond acceptors (Lipinski definition) is 6. The van der Waals surface area contributed by atoms with Crippen molar-refractivity contribution in [3.05, 3.63) is 48.3 Å². The second kappa shape index (κ2) is 9.26. The molecule has 7 nitrogen and oxygen atoms in total. The maximum atomic E-state index is 13.4. The average Bonchev–Trinajstić information content (AvgIpc) is 2.65. The molecule has 8 heteroatoms. The highest BCUT2D eigenvalue weighted by Crippen LogP contribution is 2.28. The van der Waals surface area contributed by atoms with Gasteiger partial charge in [-0.2, -0.15) is 0 Å². The Morgan fingerprint density at radius 1 is 1.00 bits per heavy atom. The van der Waals surface area contributed by atoms with Crippen LogP contribution in [0.4, 0.5) is 10.1 Å². The summed E-state index contributed by atoms with van der Waals surface area (Å²) in [5.74, 6) is -1.10. The van der Waals surface area contributed by atoms with Gasteiger partial charge in [0.25, 0.3) is 5.91 Å². The number of benzene rings is 2. The first-order valence-electron chi connectivity index (χ1n) is 7.58. The molecule has 0 unspecified atom stereocenters. The number of rotatable bonds is 8. The third-order valence-electron chi connectivity index (χ3n) is 3.23. The van der Waals surface area contributed by atoms with Crippen molar-refractivity contribution in [1.29, 1.82) is 0 Å². The molecule has 0 fully saturated rings. The van der Waals surface area contributed by atoms with Crippen LogP contribution in [0.25, 0.3) is 0 Å². The Hall–Kier alpha value is -3.29. The van der Waals surface area contributed by atoms with Crippen molar-refractivity contribution < 1.29 is 32.9 Å². The van der Waals surface area contributed by atoms with Gasteiger partial charge in [-0.25, -0.2) is 9.18 Å². The van der Waals surface area contributed by atoms with Gasteiger partial charge in [0, 0.05) is 6.07 Å². The van der Waals surface area contributed by atoms with E-state index in [1.165, 1.54) is 32.4 Å². The van der Waals surface area contributed by atoms with Crippen LogP contribution < -0.4 is 19.5 Å². The molecule has 138 valence electrons. The van der Waals surface area contributed by atoms with E-state index in [4.69, 9.17) is 18.9 Å². The van der Waals surface area contributed by atoms with E-state index in [1.54, 1.807) is 24.3 Å². The highest BCUT2D eigenvalue weighted by molar-refractivity contribution is 5.94. The number of carbonyl (C=O) groups excluding carboxylic acids is 2. The van der Waals surface area contributed by atoms with E-state index >= 15 is 0 Å². The number of amides is 1. The van der Waals surface area contributed by atoms with E-state index in [0.29, 0.717) is 17.2 Å². The van der Waals surface area contributed by atoms with Crippen LogP contribution >= 0.6 is 0 Å². The summed E-state index contributed by atoms with van der Waals surface area (Å²) < 4.78 is 33.4. The minimum atomic E-state index is -0.805. The predicted molar refractivity (Wildman–Crippen MR) is 91.0 cm³/mol. The van der Waals surface area contributed by atoms with E-state index in [1.807, 2.05) is 0 Å². The molecule has 0 heterocycles. The Bertz CT molecular complexity index is 780. The molecule has 0 spiro atoms. The summed E-state index contributed by atoms with van der Waals surface area (Å²) in [6, 6.07) is 10.5. The Kier molecular flexibility index (Phi) is 6.78. The predicted octanol–water partition coefficient (Wildman–Crippen LogP) is 2.40. The minimum Gasteiger partial charge on any atom is -0.497 e. The van der Waals surface area contributed by atoms with E-state index in [0.717, 1.165) is 0 Å². The fourth-order valence-electron chi connectivity index (χ4n) is 1.98. The van der Waals surface area contributed by atoms with Crippen LogP contribution in [0.5, 0.6) is 17.2 Å². The zero-order chi connectivity index (χ0) is 18.9. The summed E-state index contributed by atoms with van der Waals surface area (Å²) in [6.45, 7) is -1.05. The van der Waals surface area contributed by atoms with Crippen LogP contribution in [-0.2, 0) is 14.3 Å². The summed E-state index contributed by atoms with van der Waals surface area (Å²) in [5, 5.41) is 2.55. The first-order valence-corrected chi connectivity index (χ1v) is 7.58. The molecule has 26 heavy (non-hydrogen) atoms. The highest BCUT2D eigenvalue weighted by Gasteiger charge is 2.13. The molecule has 2 aromatic rings. The van der Waals surface area contributed by atoms with Crippen LogP contribution in [0.1, 0.15) is 0 Å². The van der Waals surface area contributed by atoms with Crippen LogP contribution in [0.2, 0.25) is 0 Å². The summed E-state index contributed by atoms with van der Waals surface area (Å²) in [5.41, 5.74) is 0.371. The van der Waals surface area contributed by atoms with Gasteiger partial charge in [0.15, 0.2) is 24.8 Å². The Morgan fingerprint density at radius 3 is 2.46 bits per heavy atom. The smallest absolute Gasteiger partial charge is 0.344 e. The zero-order valence-electron chi connectivity index (χ0n) is 14.3. The van der Waals surface area contributed by atoms with Crippen LogP contribution in [-0.4, -0.2) is 39.3 Å². The van der Waals surface area contributed by atoms with Crippen molar-refractivity contribution in [3.8, 4) is 17.2 Å². The van der Waals surface area contributed by atoms with Gasteiger partial charge in [0.05, 0.1) is 19.9 Å². The lowest BCUT2D eigenvalue weighted by Crippen LogP contribution is -2.24. The summed E-state index contributed by atoms with van der Waals surface area (Å²) >= 11 is 0. The second-order valence-corrected chi connectivity index (χ2v) is 4.99. The monoisotopic (exact) mass is 363 g/mol. The SMILES string of the molecule is COc1ccc(OC)c(NC(=O)COC(=O)COc2ccccc2F)c1. The standard InChI is InChI=1S/C18H18FNO6/c1-23-12-7-8-16(24-2)14(9-12)20-17(21)10-26-18(22)11-25-15-6-4-3-5-13(15)19/h3-9H,10-11H2,1-2H3,(H,20,21). The maximum absolute atomic E-state index is 13.4. The lowest BCUT2D eigenvalue weighted by molar-refractivity contribution is -0.149. The minimum absolute atomic E-state index is 0.0741. The Labute approximate surface area is 149 Å². The lowest BCUT2D eigenvalue weighted by Gasteiger charge is -2.12. The van der Waals surface area contributed by atoms with Crippen molar-refractivity contribution in [1.82, 2.24) is 0 Å². The van der Waals surface area contributed by atoms with E-state index in [-0.39, 0.29) is 5.75 Å². The van der Waals surface area contributed by atoms with Crippen LogP contribution in [0.15, 0.2) is 42.5 Å². The second-order valence-electron chi connectivity index (χ2n) is 4.99. The van der Waals surface area contributed by atoms with Crippen molar-refractivity contribution in [2.24, 2.45) is 0 Å². The molecule has 2 aromatic carbocycles. The topological polar surface area (TPSA) is 83.1 Å². The average molecular weight is 363 g/mol. The number of carbonyl (C=O) groups is 2. The van der Waals surface area contributed by atoms with Crippen molar-refractivity contribution >= 4 is 17.6 Å². The molecule has 0 atom stereocenters. The Morgan fingerprint density at radius 2 is 1.77 bits per heavy atom. The lowest BCUT2D eigenvalue weighted by atomic mass is 10.2. The fraction of sp³-hybridized carbons (Fsp3) is 0.222. The Balaban J connectivity index is 1.83. The van der Waals surface area contributed by atoms with Gasteiger partial charge in [-0.15, -0.1) is 0 Å². The first-order chi connectivity index (χ1) is 12.5. The molecule has 0 aliphatic carbocycles. The number of ether oxygens (including phenoxy) is 4. The number of halogens is 1. The molecule has 0 aliphatic rings. The van der Waals surface area contributed by atoms with Gasteiger partial charge in [0.2, 0.25) is 0 Å². The molecule has 0 aromatic heterocycles. The molecular weight excluding hydrogens is 345 g/mol. The molecule has 1 N–H and O–H groups in total. The summed E-state index contributed by atoms with van der Waals surface area (Å²) in [6.07, 6.45) is 0. The molecule has 2 rings (SSSR count). The van der Waals surface area contributed by atoms with Gasteiger partial charge in [-0.1, -0.05) is 12.1 Å². The number of anilines is 1. The van der Waals surface area contributed by atoms with Crippen LogP contribution in [0, 0.1) is 5.82 Å². The molecule has 0 aliphatic heterocycles. The fourth-order valence-corrected chi connectivity index (χ4v) is 1.98. The van der Waals surface area contributed by atoms with Gasteiger partial charge in [-0.05, 0) is 24.3 Å². The van der Waals surface area contributed by atoms with E-state index in [9.17, 15) is 14.0 Å². The number of hydrogen-bond donors (Lipinski definition) is 1. The van der Waals surface area contributed by atoms with Gasteiger partial charge in [-0.3, -0.25) is 4.79 Å². The third-order valence-corrected chi connectivity index (χ3v) is 3.23. The van der Waals surface area contributed by atoms with Gasteiger partial charge >= 0.3 is 5.97 Å². The highest BCUT2D eigenvalue weighted by atomic mass is 19.1. The van der Waals surface area contributed by atoms with Gasteiger partial charge < -0.3 is 24.3 Å². The molecule has 0 saturated heterocycles. The van der Waals surface area contributed by atoms with E-state index < -0.39 is 30.9 Å². The molecule has 0 bridgehead atoms. The van der Waals surface area contributed by atoms with Gasteiger partial charge in [0.1, 0.15) is 11.5 Å². The number of esters is 1. The largest absolute Gasteiger partial charge is 0.497 e. The van der Waals surface area contributed by atoms with E-state index in [2.05, 4.69) is 5.32 Å². The molecule has 1 amide bonds. The molecule has 0 saturated carbocycles. The first kappa shape index (κ1) is 19.0. The summed E-state index contributed by atoms with van der Waals surface area (Å²) in [7, 11) is 2.95. The van der Waals surface area contributed by atoms with Crippen LogP contribution in [0.3, 0.4) is 0 Å². The molecule has 0 radical (unpaired) electrons. The van der Waals surface area contributed by atoms with Crippen molar-refractivity contribution in [2.75, 3.05) is 32.8 Å². The number of nitrogens with one attached hydrogen (secondary N) is 1. The van der Waals surface area contributed by atoms with Crippen molar-refractivity contribution in [2.45, 2.75) is 0 Å². The summed E-state index contributed by atoms with van der Waals surface area (Å²) in [4.78, 5) is 23.5. The number of para-hydroxylation sites is 1. The third kappa shape index (κ3) is 5.37.